The molecule has 0 radical (unpaired) electrons. The number of carbonyl (C=O) groups excluding carboxylic acids is 1. The Labute approximate surface area is 145 Å². The highest BCUT2D eigenvalue weighted by Gasteiger charge is 2.13. The number of nitrogens with zero attached hydrogens (tertiary/aromatic N) is 2. The molecule has 0 fully saturated rings. The summed E-state index contributed by atoms with van der Waals surface area (Å²) in [6, 6.07) is 14.7. The van der Waals surface area contributed by atoms with Crippen LogP contribution in [0, 0.1) is 0 Å². The van der Waals surface area contributed by atoms with Gasteiger partial charge in [-0.15, -0.1) is 0 Å². The third-order valence-electron chi connectivity index (χ3n) is 3.78. The third-order valence-corrected chi connectivity index (χ3v) is 3.78. The first-order chi connectivity index (χ1) is 12.2. The molecule has 0 aliphatic rings. The molecule has 2 aromatic carbocycles. The van der Waals surface area contributed by atoms with Crippen LogP contribution in [0.4, 0.5) is 11.5 Å². The monoisotopic (exact) mass is 334 g/mol. The largest absolute Gasteiger partial charge is 0.394 e. The number of anilines is 2. The van der Waals surface area contributed by atoms with Crippen LogP contribution in [-0.2, 0) is 4.79 Å². The molecular weight excluding hydrogens is 316 g/mol. The average molecular weight is 334 g/mol. The number of hydrogen-bond acceptors (Lipinski definition) is 5. The third kappa shape index (κ3) is 3.81. The normalized spacial score (nSPS) is 11.7. The Bertz CT molecular complexity index is 896. The number of aliphatic hydroxyl groups is 1. The Kier molecular flexibility index (Phi) is 5.01. The predicted molar refractivity (Wildman–Crippen MR) is 98.3 cm³/mol. The molecule has 1 atom stereocenters. The number of aromatic nitrogens is 2. The Morgan fingerprint density at radius 1 is 1.20 bits per heavy atom. The molecule has 0 saturated heterocycles. The lowest BCUT2D eigenvalue weighted by Crippen LogP contribution is -2.16. The second-order valence-electron chi connectivity index (χ2n) is 5.44. The maximum Gasteiger partial charge on any atom is 0.247 e. The second-order valence-corrected chi connectivity index (χ2v) is 5.44. The molecule has 3 N–H and O–H groups in total. The fraction of sp³-hybridized carbons (Fsp3) is 0.105. The second kappa shape index (κ2) is 7.55. The van der Waals surface area contributed by atoms with Crippen molar-refractivity contribution < 1.29 is 9.90 Å². The highest BCUT2D eigenvalue weighted by atomic mass is 16.3. The fourth-order valence-electron chi connectivity index (χ4n) is 2.53. The Morgan fingerprint density at radius 3 is 2.72 bits per heavy atom. The number of hydrogen-bond donors (Lipinski definition) is 3. The van der Waals surface area contributed by atoms with Gasteiger partial charge < -0.3 is 15.7 Å². The molecule has 0 unspecified atom stereocenters. The fourth-order valence-corrected chi connectivity index (χ4v) is 2.53. The van der Waals surface area contributed by atoms with Crippen LogP contribution in [0.3, 0.4) is 0 Å². The van der Waals surface area contributed by atoms with Gasteiger partial charge in [-0.1, -0.05) is 36.9 Å². The lowest BCUT2D eigenvalue weighted by molar-refractivity contribution is -0.111. The summed E-state index contributed by atoms with van der Waals surface area (Å²) in [5.41, 5.74) is 2.31. The van der Waals surface area contributed by atoms with Gasteiger partial charge in [0.15, 0.2) is 0 Å². The van der Waals surface area contributed by atoms with Crippen LogP contribution in [0.25, 0.3) is 10.9 Å². The van der Waals surface area contributed by atoms with Gasteiger partial charge in [-0.2, -0.15) is 0 Å². The number of amides is 1. The Balaban J connectivity index is 1.96. The molecule has 6 nitrogen and oxygen atoms in total. The molecule has 0 aliphatic heterocycles. The number of carbonyl (C=O) groups is 1. The number of nitrogens with one attached hydrogen (secondary N) is 2. The minimum absolute atomic E-state index is 0.0810. The van der Waals surface area contributed by atoms with Crippen molar-refractivity contribution in [3.05, 3.63) is 73.1 Å². The van der Waals surface area contributed by atoms with Crippen LogP contribution < -0.4 is 10.6 Å². The van der Waals surface area contributed by atoms with Gasteiger partial charge in [0.2, 0.25) is 5.91 Å². The van der Waals surface area contributed by atoms with Gasteiger partial charge in [-0.3, -0.25) is 4.79 Å². The van der Waals surface area contributed by atoms with E-state index in [0.29, 0.717) is 11.5 Å². The zero-order chi connectivity index (χ0) is 17.6. The van der Waals surface area contributed by atoms with Crippen molar-refractivity contribution in [3.63, 3.8) is 0 Å². The van der Waals surface area contributed by atoms with Crippen molar-refractivity contribution in [2.24, 2.45) is 0 Å². The van der Waals surface area contributed by atoms with Gasteiger partial charge in [0.25, 0.3) is 0 Å². The van der Waals surface area contributed by atoms with Crippen LogP contribution in [0.2, 0.25) is 0 Å². The quantitative estimate of drug-likeness (QED) is 0.603. The first-order valence-corrected chi connectivity index (χ1v) is 7.82. The molecule has 1 aromatic heterocycles. The topological polar surface area (TPSA) is 87.1 Å². The van der Waals surface area contributed by atoms with E-state index in [0.717, 1.165) is 16.5 Å². The maximum atomic E-state index is 11.5. The minimum Gasteiger partial charge on any atom is -0.394 e. The lowest BCUT2D eigenvalue weighted by Gasteiger charge is -2.18. The van der Waals surface area contributed by atoms with E-state index in [4.69, 9.17) is 0 Å². The molecular formula is C19H18N4O2. The van der Waals surface area contributed by atoms with Crippen molar-refractivity contribution in [2.75, 3.05) is 17.2 Å². The van der Waals surface area contributed by atoms with Crippen LogP contribution in [0.5, 0.6) is 0 Å². The lowest BCUT2D eigenvalue weighted by atomic mass is 10.1. The first-order valence-electron chi connectivity index (χ1n) is 7.82. The van der Waals surface area contributed by atoms with E-state index in [1.165, 1.54) is 12.4 Å². The highest BCUT2D eigenvalue weighted by Crippen LogP contribution is 2.26. The van der Waals surface area contributed by atoms with E-state index >= 15 is 0 Å². The first kappa shape index (κ1) is 16.6. The Hall–Kier alpha value is -3.25. The minimum atomic E-state index is -0.300. The van der Waals surface area contributed by atoms with Crippen molar-refractivity contribution in [2.45, 2.75) is 6.04 Å². The number of rotatable bonds is 6. The zero-order valence-electron chi connectivity index (χ0n) is 13.5. The molecule has 1 amide bonds. The molecule has 0 aliphatic carbocycles. The molecule has 126 valence electrons. The van der Waals surface area contributed by atoms with Crippen LogP contribution in [-0.4, -0.2) is 27.6 Å². The summed E-state index contributed by atoms with van der Waals surface area (Å²) in [4.78, 5) is 20.0. The van der Waals surface area contributed by atoms with E-state index in [1.807, 2.05) is 30.3 Å². The molecule has 0 bridgehead atoms. The molecule has 25 heavy (non-hydrogen) atoms. The van der Waals surface area contributed by atoms with Gasteiger partial charge in [0, 0.05) is 11.1 Å². The van der Waals surface area contributed by atoms with Gasteiger partial charge in [0.05, 0.1) is 18.2 Å². The van der Waals surface area contributed by atoms with Crippen molar-refractivity contribution in [3.8, 4) is 0 Å². The van der Waals surface area contributed by atoms with Gasteiger partial charge in [0.1, 0.15) is 12.1 Å². The molecule has 0 spiro atoms. The van der Waals surface area contributed by atoms with E-state index in [-0.39, 0.29) is 18.6 Å². The standard InChI is InChI=1S/C19H18N4O2/c1-2-18(25)22-14-8-9-16-15(10-14)19(21-12-20-16)23-17(11-24)13-6-4-3-5-7-13/h2-10,12,17,24H,1,11H2,(H,22,25)(H,20,21,23)/t17-/m1/s1. The smallest absolute Gasteiger partial charge is 0.247 e. The number of fused-ring (bicyclic) bond motifs is 1. The molecule has 3 rings (SSSR count). The highest BCUT2D eigenvalue weighted by molar-refractivity contribution is 6.01. The molecule has 6 heteroatoms. The van der Waals surface area contributed by atoms with Crippen molar-refractivity contribution in [1.29, 1.82) is 0 Å². The van der Waals surface area contributed by atoms with E-state index < -0.39 is 0 Å². The summed E-state index contributed by atoms with van der Waals surface area (Å²) in [5, 5.41) is 16.5. The number of benzene rings is 2. The maximum absolute atomic E-state index is 11.5. The van der Waals surface area contributed by atoms with E-state index in [9.17, 15) is 9.90 Å². The van der Waals surface area contributed by atoms with Gasteiger partial charge in [-0.05, 0) is 29.8 Å². The van der Waals surface area contributed by atoms with Crippen molar-refractivity contribution in [1.82, 2.24) is 9.97 Å². The zero-order valence-corrected chi connectivity index (χ0v) is 13.5. The average Bonchev–Trinajstić information content (AvgIpc) is 2.66. The summed E-state index contributed by atoms with van der Waals surface area (Å²) in [5.74, 6) is 0.297. The van der Waals surface area contributed by atoms with E-state index in [1.54, 1.807) is 18.2 Å². The Morgan fingerprint density at radius 2 is 2.00 bits per heavy atom. The molecule has 3 aromatic rings. The van der Waals surface area contributed by atoms with Crippen LogP contribution in [0.15, 0.2) is 67.5 Å². The van der Waals surface area contributed by atoms with Gasteiger partial charge in [-0.25, -0.2) is 9.97 Å². The summed E-state index contributed by atoms with van der Waals surface area (Å²) in [6.07, 6.45) is 2.67. The number of aliphatic hydroxyl groups excluding tert-OH is 1. The predicted octanol–water partition coefficient (Wildman–Crippen LogP) is 2.90. The molecule has 1 heterocycles. The summed E-state index contributed by atoms with van der Waals surface area (Å²) in [7, 11) is 0. The molecule has 0 saturated carbocycles. The SMILES string of the molecule is C=CC(=O)Nc1ccc2ncnc(N[C@H](CO)c3ccccc3)c2c1. The van der Waals surface area contributed by atoms with Crippen molar-refractivity contribution >= 4 is 28.3 Å². The van der Waals surface area contributed by atoms with Crippen LogP contribution >= 0.6 is 0 Å². The summed E-state index contributed by atoms with van der Waals surface area (Å²) >= 11 is 0. The summed E-state index contributed by atoms with van der Waals surface area (Å²) < 4.78 is 0. The summed E-state index contributed by atoms with van der Waals surface area (Å²) in [6.45, 7) is 3.36. The van der Waals surface area contributed by atoms with Gasteiger partial charge >= 0.3 is 0 Å². The van der Waals surface area contributed by atoms with E-state index in [2.05, 4.69) is 27.2 Å². The van der Waals surface area contributed by atoms with Crippen LogP contribution in [0.1, 0.15) is 11.6 Å².